The molecule has 2 heterocycles. The highest BCUT2D eigenvalue weighted by Gasteiger charge is 2.29. The number of ether oxygens (including phenoxy) is 1. The van der Waals surface area contributed by atoms with E-state index in [9.17, 15) is 0 Å². The van der Waals surface area contributed by atoms with Gasteiger partial charge in [0.2, 0.25) is 5.88 Å². The van der Waals surface area contributed by atoms with Crippen molar-refractivity contribution in [3.8, 4) is 5.88 Å². The third-order valence-corrected chi connectivity index (χ3v) is 3.68. The summed E-state index contributed by atoms with van der Waals surface area (Å²) in [5.41, 5.74) is 8.52. The molecule has 0 saturated heterocycles. The first-order chi connectivity index (χ1) is 9.28. The second-order valence-electron chi connectivity index (χ2n) is 5.15. The number of hydrogen-bond acceptors (Lipinski definition) is 3. The Bertz CT molecular complexity index is 560. The van der Waals surface area contributed by atoms with Crippen molar-refractivity contribution in [1.82, 2.24) is 9.55 Å². The summed E-state index contributed by atoms with van der Waals surface area (Å²) in [6.07, 6.45) is 8.48. The zero-order chi connectivity index (χ0) is 13.2. The van der Waals surface area contributed by atoms with Crippen molar-refractivity contribution in [2.24, 2.45) is 11.7 Å². The van der Waals surface area contributed by atoms with Gasteiger partial charge in [0.15, 0.2) is 0 Å². The average molecular weight is 257 g/mol. The van der Waals surface area contributed by atoms with E-state index in [1.807, 2.05) is 12.1 Å². The predicted molar refractivity (Wildman–Crippen MR) is 74.0 cm³/mol. The Morgan fingerprint density at radius 1 is 1.47 bits per heavy atom. The minimum absolute atomic E-state index is 0.192. The second-order valence-corrected chi connectivity index (χ2v) is 5.15. The lowest BCUT2D eigenvalue weighted by Gasteiger charge is -2.09. The van der Waals surface area contributed by atoms with E-state index >= 15 is 0 Å². The molecule has 1 fully saturated rings. The summed E-state index contributed by atoms with van der Waals surface area (Å²) >= 11 is 0. The van der Waals surface area contributed by atoms with E-state index in [0.29, 0.717) is 11.8 Å². The minimum atomic E-state index is 0.192. The van der Waals surface area contributed by atoms with Crippen LogP contribution in [-0.4, -0.2) is 16.7 Å². The summed E-state index contributed by atoms with van der Waals surface area (Å²) in [6.45, 7) is 0.758. The SMILES string of the molecule is COc1ncccc1Cn1ccc(C(N)C2CC2)c1. The Morgan fingerprint density at radius 3 is 3.05 bits per heavy atom. The highest BCUT2D eigenvalue weighted by atomic mass is 16.5. The first kappa shape index (κ1) is 12.2. The minimum Gasteiger partial charge on any atom is -0.481 e. The number of hydrogen-bond donors (Lipinski definition) is 1. The van der Waals surface area contributed by atoms with E-state index in [0.717, 1.165) is 12.1 Å². The van der Waals surface area contributed by atoms with Crippen LogP contribution < -0.4 is 10.5 Å². The van der Waals surface area contributed by atoms with Crippen molar-refractivity contribution in [1.29, 1.82) is 0 Å². The molecule has 0 amide bonds. The van der Waals surface area contributed by atoms with Gasteiger partial charge in [-0.2, -0.15) is 0 Å². The summed E-state index contributed by atoms with van der Waals surface area (Å²) in [5.74, 6) is 1.37. The molecule has 2 aromatic heterocycles. The fraction of sp³-hybridized carbons (Fsp3) is 0.400. The molecule has 1 unspecified atom stereocenters. The standard InChI is InChI=1S/C15H19N3O/c1-19-15-13(3-2-7-17-15)10-18-8-6-12(9-18)14(16)11-4-5-11/h2-3,6-9,11,14H,4-5,10,16H2,1H3. The molecule has 2 aromatic rings. The van der Waals surface area contributed by atoms with Crippen LogP contribution in [0.4, 0.5) is 0 Å². The van der Waals surface area contributed by atoms with Crippen LogP contribution in [0.3, 0.4) is 0 Å². The lowest BCUT2D eigenvalue weighted by molar-refractivity contribution is 0.391. The topological polar surface area (TPSA) is 53.1 Å². The molecule has 1 aliphatic rings. The molecule has 0 bridgehead atoms. The molecular weight excluding hydrogens is 238 g/mol. The Kier molecular flexibility index (Phi) is 3.25. The van der Waals surface area contributed by atoms with E-state index in [4.69, 9.17) is 10.5 Å². The lowest BCUT2D eigenvalue weighted by atomic mass is 10.1. The molecule has 1 aliphatic carbocycles. The summed E-state index contributed by atoms with van der Waals surface area (Å²) in [5, 5.41) is 0. The van der Waals surface area contributed by atoms with Gasteiger partial charge in [0, 0.05) is 30.2 Å². The Labute approximate surface area is 113 Å². The van der Waals surface area contributed by atoms with Crippen LogP contribution >= 0.6 is 0 Å². The van der Waals surface area contributed by atoms with Gasteiger partial charge in [0.05, 0.1) is 13.7 Å². The van der Waals surface area contributed by atoms with Crippen LogP contribution in [-0.2, 0) is 6.54 Å². The molecule has 0 aliphatic heterocycles. The molecule has 1 atom stereocenters. The van der Waals surface area contributed by atoms with Gasteiger partial charge in [-0.25, -0.2) is 4.98 Å². The zero-order valence-corrected chi connectivity index (χ0v) is 11.1. The van der Waals surface area contributed by atoms with Crippen molar-refractivity contribution in [2.75, 3.05) is 7.11 Å². The molecule has 0 spiro atoms. The first-order valence-electron chi connectivity index (χ1n) is 6.67. The molecule has 3 rings (SSSR count). The lowest BCUT2D eigenvalue weighted by Crippen LogP contribution is -2.11. The highest BCUT2D eigenvalue weighted by molar-refractivity contribution is 5.27. The van der Waals surface area contributed by atoms with Crippen LogP contribution in [0, 0.1) is 5.92 Å². The quantitative estimate of drug-likeness (QED) is 0.894. The average Bonchev–Trinajstić information content (AvgIpc) is 3.19. The number of pyridine rings is 1. The van der Waals surface area contributed by atoms with E-state index in [2.05, 4.69) is 28.0 Å². The second kappa shape index (κ2) is 5.05. The molecule has 2 N–H and O–H groups in total. The van der Waals surface area contributed by atoms with E-state index in [1.165, 1.54) is 18.4 Å². The van der Waals surface area contributed by atoms with Crippen LogP contribution in [0.25, 0.3) is 0 Å². The van der Waals surface area contributed by atoms with Crippen LogP contribution in [0.2, 0.25) is 0 Å². The molecular formula is C15H19N3O. The Hall–Kier alpha value is -1.81. The van der Waals surface area contributed by atoms with Crippen LogP contribution in [0.15, 0.2) is 36.8 Å². The first-order valence-corrected chi connectivity index (χ1v) is 6.67. The van der Waals surface area contributed by atoms with Gasteiger partial charge < -0.3 is 15.0 Å². The molecule has 0 aromatic carbocycles. The summed E-state index contributed by atoms with van der Waals surface area (Å²) in [7, 11) is 1.65. The third-order valence-electron chi connectivity index (χ3n) is 3.68. The number of aromatic nitrogens is 2. The van der Waals surface area contributed by atoms with Crippen LogP contribution in [0.5, 0.6) is 5.88 Å². The normalized spacial score (nSPS) is 16.3. The number of methoxy groups -OCH3 is 1. The summed E-state index contributed by atoms with van der Waals surface area (Å²) < 4.78 is 7.41. The third kappa shape index (κ3) is 2.63. The molecule has 4 heteroatoms. The van der Waals surface area contributed by atoms with Crippen molar-refractivity contribution < 1.29 is 4.74 Å². The molecule has 100 valence electrons. The molecule has 0 radical (unpaired) electrons. The maximum atomic E-state index is 6.21. The maximum absolute atomic E-state index is 6.21. The zero-order valence-electron chi connectivity index (χ0n) is 11.1. The van der Waals surface area contributed by atoms with Gasteiger partial charge in [0.25, 0.3) is 0 Å². The fourth-order valence-electron chi connectivity index (χ4n) is 2.41. The van der Waals surface area contributed by atoms with Crippen molar-refractivity contribution in [3.05, 3.63) is 47.9 Å². The monoisotopic (exact) mass is 257 g/mol. The van der Waals surface area contributed by atoms with Crippen molar-refractivity contribution in [3.63, 3.8) is 0 Å². The fourth-order valence-corrected chi connectivity index (χ4v) is 2.41. The Morgan fingerprint density at radius 2 is 2.32 bits per heavy atom. The molecule has 19 heavy (non-hydrogen) atoms. The maximum Gasteiger partial charge on any atom is 0.218 e. The van der Waals surface area contributed by atoms with Gasteiger partial charge in [0.1, 0.15) is 0 Å². The van der Waals surface area contributed by atoms with Gasteiger partial charge >= 0.3 is 0 Å². The summed E-state index contributed by atoms with van der Waals surface area (Å²) in [4.78, 5) is 4.21. The van der Waals surface area contributed by atoms with Crippen LogP contribution in [0.1, 0.15) is 30.0 Å². The van der Waals surface area contributed by atoms with E-state index in [-0.39, 0.29) is 6.04 Å². The van der Waals surface area contributed by atoms with Gasteiger partial charge in [-0.15, -0.1) is 0 Å². The van der Waals surface area contributed by atoms with Gasteiger partial charge in [-0.05, 0) is 36.5 Å². The molecule has 4 nitrogen and oxygen atoms in total. The smallest absolute Gasteiger partial charge is 0.218 e. The number of rotatable bonds is 5. The van der Waals surface area contributed by atoms with Gasteiger partial charge in [-0.3, -0.25) is 0 Å². The summed E-state index contributed by atoms with van der Waals surface area (Å²) in [6, 6.07) is 6.27. The van der Waals surface area contributed by atoms with Gasteiger partial charge in [-0.1, -0.05) is 6.07 Å². The molecule has 1 saturated carbocycles. The number of nitrogens with zero attached hydrogens (tertiary/aromatic N) is 2. The van der Waals surface area contributed by atoms with E-state index < -0.39 is 0 Å². The highest BCUT2D eigenvalue weighted by Crippen LogP contribution is 2.39. The van der Waals surface area contributed by atoms with E-state index in [1.54, 1.807) is 13.3 Å². The predicted octanol–water partition coefficient (Wildman–Crippen LogP) is 2.35. The Balaban J connectivity index is 1.76. The largest absolute Gasteiger partial charge is 0.481 e. The number of nitrogens with two attached hydrogens (primary N) is 1. The van der Waals surface area contributed by atoms with Crippen molar-refractivity contribution in [2.45, 2.75) is 25.4 Å². The van der Waals surface area contributed by atoms with Crippen molar-refractivity contribution >= 4 is 0 Å².